The summed E-state index contributed by atoms with van der Waals surface area (Å²) in [6.45, 7) is 14.4. The van der Waals surface area contributed by atoms with Crippen LogP contribution < -0.4 is 10.6 Å². The summed E-state index contributed by atoms with van der Waals surface area (Å²) in [5.41, 5.74) is 0.958. The van der Waals surface area contributed by atoms with E-state index >= 15 is 0 Å². The Morgan fingerprint density at radius 3 is 2.20 bits per heavy atom. The van der Waals surface area contributed by atoms with E-state index in [0.29, 0.717) is 12.8 Å². The van der Waals surface area contributed by atoms with E-state index < -0.39 is 23.6 Å². The van der Waals surface area contributed by atoms with Crippen molar-refractivity contribution in [3.8, 4) is 0 Å². The van der Waals surface area contributed by atoms with Crippen LogP contribution >= 0.6 is 0 Å². The van der Waals surface area contributed by atoms with Crippen LogP contribution in [0, 0.1) is 11.8 Å². The van der Waals surface area contributed by atoms with E-state index in [1.807, 2.05) is 44.2 Å². The van der Waals surface area contributed by atoms with Gasteiger partial charge in [0.15, 0.2) is 5.78 Å². The zero-order valence-electron chi connectivity index (χ0n) is 27.2. The Kier molecular flexibility index (Phi) is 16.4. The number of tetrazole rings is 1. The van der Waals surface area contributed by atoms with Crippen molar-refractivity contribution < 1.29 is 23.2 Å². The molecule has 1 aromatic carbocycles. The molecule has 10 nitrogen and oxygen atoms in total. The molecule has 1 aromatic heterocycles. The first-order valence-electron chi connectivity index (χ1n) is 14.6. The molecule has 2 N–H and O–H groups in total. The summed E-state index contributed by atoms with van der Waals surface area (Å²) in [5.74, 6) is -1.95. The van der Waals surface area contributed by atoms with E-state index in [1.165, 1.54) is 25.9 Å². The SMILES string of the molecule is C=C(F)/C(=C(F)\C=C(/C)c1nnn(CC(=O)[C@H](CC(C)C)NC(=O)CNC(=O)CCc2ccccc2)n1)N(C)C.CC(C)C. The van der Waals surface area contributed by atoms with Crippen LogP contribution in [0.1, 0.15) is 65.8 Å². The molecule has 0 bridgehead atoms. The van der Waals surface area contributed by atoms with Gasteiger partial charge in [0.25, 0.3) is 0 Å². The van der Waals surface area contributed by atoms with Crippen LogP contribution in [0.2, 0.25) is 0 Å². The molecule has 2 aromatic rings. The predicted molar refractivity (Wildman–Crippen MR) is 168 cm³/mol. The molecule has 2 amide bonds. The van der Waals surface area contributed by atoms with Crippen molar-refractivity contribution in [2.75, 3.05) is 20.6 Å². The topological polar surface area (TPSA) is 122 Å². The Labute approximate surface area is 259 Å². The van der Waals surface area contributed by atoms with Crippen molar-refractivity contribution in [3.05, 3.63) is 71.7 Å². The number of aromatic nitrogens is 4. The van der Waals surface area contributed by atoms with Crippen molar-refractivity contribution in [1.82, 2.24) is 35.7 Å². The maximum Gasteiger partial charge on any atom is 0.239 e. The predicted octanol–water partition coefficient (Wildman–Crippen LogP) is 4.81. The summed E-state index contributed by atoms with van der Waals surface area (Å²) in [7, 11) is 2.96. The number of aryl methyl sites for hydroxylation is 1. The molecular formula is C32H47F2N7O3. The third-order valence-corrected chi connectivity index (χ3v) is 5.74. The Bertz CT molecular complexity index is 1300. The van der Waals surface area contributed by atoms with Crippen LogP contribution in [0.5, 0.6) is 0 Å². The minimum atomic E-state index is -0.932. The van der Waals surface area contributed by atoms with Crippen LogP contribution in [-0.4, -0.2) is 69.4 Å². The molecule has 0 saturated carbocycles. The lowest BCUT2D eigenvalue weighted by Gasteiger charge is -2.19. The lowest BCUT2D eigenvalue weighted by Crippen LogP contribution is -2.47. The number of benzene rings is 1. The number of amides is 2. The average Bonchev–Trinajstić information content (AvgIpc) is 3.38. The Morgan fingerprint density at radius 2 is 1.66 bits per heavy atom. The van der Waals surface area contributed by atoms with Crippen molar-refractivity contribution in [2.45, 2.75) is 73.4 Å². The summed E-state index contributed by atoms with van der Waals surface area (Å²) in [4.78, 5) is 40.0. The fraction of sp³-hybridized carbons (Fsp3) is 0.500. The minimum Gasteiger partial charge on any atom is -0.373 e. The van der Waals surface area contributed by atoms with Gasteiger partial charge in [0.1, 0.15) is 23.9 Å². The van der Waals surface area contributed by atoms with Gasteiger partial charge in [-0.25, -0.2) is 8.78 Å². The third kappa shape index (κ3) is 14.8. The Morgan fingerprint density at radius 1 is 1.05 bits per heavy atom. The van der Waals surface area contributed by atoms with Gasteiger partial charge in [-0.2, -0.15) is 4.80 Å². The molecule has 0 radical (unpaired) electrons. The summed E-state index contributed by atoms with van der Waals surface area (Å²) in [6, 6.07) is 8.70. The van der Waals surface area contributed by atoms with E-state index in [-0.39, 0.29) is 54.2 Å². The molecule has 1 atom stereocenters. The van der Waals surface area contributed by atoms with Crippen molar-refractivity contribution in [1.29, 1.82) is 0 Å². The van der Waals surface area contributed by atoms with E-state index in [9.17, 15) is 23.2 Å². The maximum absolute atomic E-state index is 14.6. The smallest absolute Gasteiger partial charge is 0.239 e. The molecule has 2 rings (SSSR count). The molecule has 242 valence electrons. The van der Waals surface area contributed by atoms with E-state index in [0.717, 1.165) is 22.4 Å². The second-order valence-corrected chi connectivity index (χ2v) is 11.7. The number of allylic oxidation sites excluding steroid dienone is 4. The Hall–Kier alpha value is -4.22. The van der Waals surface area contributed by atoms with Gasteiger partial charge in [-0.1, -0.05) is 71.5 Å². The lowest BCUT2D eigenvalue weighted by atomic mass is 10.00. The number of carbonyl (C=O) groups excluding carboxylic acids is 3. The molecule has 0 fully saturated rings. The maximum atomic E-state index is 14.6. The summed E-state index contributed by atoms with van der Waals surface area (Å²) in [6.07, 6.45) is 2.20. The molecule has 0 spiro atoms. The number of Topliss-reactive ketones (excluding diaryl/α,β-unsaturated/α-hetero) is 1. The van der Waals surface area contributed by atoms with Crippen molar-refractivity contribution >= 4 is 23.2 Å². The first kappa shape index (κ1) is 37.8. The van der Waals surface area contributed by atoms with Gasteiger partial charge in [-0.3, -0.25) is 14.4 Å². The fourth-order valence-electron chi connectivity index (χ4n) is 3.78. The highest BCUT2D eigenvalue weighted by atomic mass is 19.1. The first-order valence-corrected chi connectivity index (χ1v) is 14.6. The van der Waals surface area contributed by atoms with E-state index in [2.05, 4.69) is 53.4 Å². The van der Waals surface area contributed by atoms with Gasteiger partial charge >= 0.3 is 0 Å². The monoisotopic (exact) mass is 615 g/mol. The quantitative estimate of drug-likeness (QED) is 0.276. The van der Waals surface area contributed by atoms with Crippen LogP contribution in [0.4, 0.5) is 8.78 Å². The van der Waals surface area contributed by atoms with Gasteiger partial charge < -0.3 is 15.5 Å². The van der Waals surface area contributed by atoms with E-state index in [1.54, 1.807) is 0 Å². The number of halogens is 2. The number of hydrogen-bond donors (Lipinski definition) is 2. The number of ketones is 1. The number of likely N-dealkylation sites (N-methyl/N-ethyl adjacent to an activating group) is 1. The van der Waals surface area contributed by atoms with Crippen LogP contribution in [0.15, 0.2) is 60.3 Å². The largest absolute Gasteiger partial charge is 0.373 e. The summed E-state index contributed by atoms with van der Waals surface area (Å²) >= 11 is 0. The van der Waals surface area contributed by atoms with Gasteiger partial charge in [-0.15, -0.1) is 10.2 Å². The van der Waals surface area contributed by atoms with Crippen LogP contribution in [0.25, 0.3) is 5.57 Å². The van der Waals surface area contributed by atoms with Crippen LogP contribution in [0.3, 0.4) is 0 Å². The molecule has 0 aliphatic rings. The zero-order valence-corrected chi connectivity index (χ0v) is 27.2. The standard InChI is InChI=1S/C28H37F2N7O3.C4H10/c1-18(2)14-23(32-26(40)16-31-25(39)13-12-21-10-8-7-9-11-21)24(38)17-37-34-28(33-35-37)19(3)15-22(30)27(20(4)29)36(5)6;1-4(2)3/h7-11,15,18,23H,4,12-14,16-17H2,1-3,5-6H3,(H,31,39)(H,32,40);4H,1-3H3/b19-15+,27-22-;/t23-;/m0./s1. The van der Waals surface area contributed by atoms with Gasteiger partial charge in [0.2, 0.25) is 17.6 Å². The molecule has 1 heterocycles. The number of carbonyl (C=O) groups is 3. The number of nitrogens with zero attached hydrogens (tertiary/aromatic N) is 5. The molecule has 0 saturated heterocycles. The van der Waals surface area contributed by atoms with Crippen molar-refractivity contribution in [3.63, 3.8) is 0 Å². The molecule has 0 aliphatic heterocycles. The van der Waals surface area contributed by atoms with Gasteiger partial charge in [-0.05, 0) is 48.5 Å². The highest BCUT2D eigenvalue weighted by Crippen LogP contribution is 2.22. The number of nitrogens with one attached hydrogen (secondary N) is 2. The van der Waals surface area contributed by atoms with E-state index in [4.69, 9.17) is 0 Å². The zero-order chi connectivity index (χ0) is 33.4. The third-order valence-electron chi connectivity index (χ3n) is 5.74. The highest BCUT2D eigenvalue weighted by molar-refractivity contribution is 5.91. The summed E-state index contributed by atoms with van der Waals surface area (Å²) < 4.78 is 28.2. The second kappa shape index (κ2) is 19.1. The lowest BCUT2D eigenvalue weighted by molar-refractivity contribution is -0.129. The highest BCUT2D eigenvalue weighted by Gasteiger charge is 2.23. The van der Waals surface area contributed by atoms with Crippen LogP contribution in [-0.2, 0) is 27.3 Å². The molecular weight excluding hydrogens is 568 g/mol. The molecule has 12 heteroatoms. The molecule has 44 heavy (non-hydrogen) atoms. The minimum absolute atomic E-state index is 0.0492. The fourth-order valence-corrected chi connectivity index (χ4v) is 3.78. The Balaban J connectivity index is 0.00000227. The summed E-state index contributed by atoms with van der Waals surface area (Å²) in [5, 5.41) is 17.1. The number of rotatable bonds is 15. The molecule has 0 unspecified atom stereocenters. The first-order chi connectivity index (χ1) is 20.6. The van der Waals surface area contributed by atoms with Crippen molar-refractivity contribution in [2.24, 2.45) is 11.8 Å². The second-order valence-electron chi connectivity index (χ2n) is 11.7. The molecule has 0 aliphatic carbocycles. The van der Waals surface area contributed by atoms with Gasteiger partial charge in [0, 0.05) is 26.1 Å². The normalized spacial score (nSPS) is 12.6. The number of hydrogen-bond acceptors (Lipinski definition) is 7. The average molecular weight is 616 g/mol. The van der Waals surface area contributed by atoms with Gasteiger partial charge in [0.05, 0.1) is 12.6 Å².